The van der Waals surface area contributed by atoms with Crippen molar-refractivity contribution in [2.75, 3.05) is 20.0 Å². The fraction of sp³-hybridized carbons (Fsp3) is 0.367. The summed E-state index contributed by atoms with van der Waals surface area (Å²) in [5, 5.41) is 18.9. The molecule has 230 valence electrons. The minimum absolute atomic E-state index is 0. The van der Waals surface area contributed by atoms with E-state index in [1.807, 2.05) is 16.9 Å². The van der Waals surface area contributed by atoms with E-state index in [9.17, 15) is 36.6 Å². The lowest BCUT2D eigenvalue weighted by molar-refractivity contribution is -0.139. The number of Topliss-reactive ketones (excluding diaryl/α,β-unsaturated/α-hetero) is 1. The summed E-state index contributed by atoms with van der Waals surface area (Å²) in [6, 6.07) is 13.4. The molecule has 1 saturated carbocycles. The maximum Gasteiger partial charge on any atom is 0.417 e. The lowest BCUT2D eigenvalue weighted by Crippen LogP contribution is -2.51. The van der Waals surface area contributed by atoms with Crippen LogP contribution in [-0.4, -0.2) is 50.0 Å². The highest BCUT2D eigenvalue weighted by atomic mass is 32.2. The molecule has 3 aromatic carbocycles. The molecule has 0 amide bonds. The van der Waals surface area contributed by atoms with Crippen molar-refractivity contribution in [2.45, 2.75) is 55.1 Å². The number of rotatable bonds is 10. The maximum atomic E-state index is 14.2. The Kier molecular flexibility index (Phi) is 7.63. The van der Waals surface area contributed by atoms with Crippen LogP contribution in [0.15, 0.2) is 59.5 Å². The first kappa shape index (κ1) is 30.0. The number of benzene rings is 3. The molecule has 0 spiro atoms. The predicted octanol–water partition coefficient (Wildman–Crippen LogP) is 5.01. The topological polar surface area (TPSA) is 122 Å². The zero-order valence-corrected chi connectivity index (χ0v) is 23.7. The largest absolute Gasteiger partial charge is 0.454 e. The van der Waals surface area contributed by atoms with E-state index >= 15 is 0 Å². The summed E-state index contributed by atoms with van der Waals surface area (Å²) in [5.41, 5.74) is -1.19. The van der Waals surface area contributed by atoms with E-state index < -0.39 is 50.8 Å². The lowest BCUT2D eigenvalue weighted by Gasteiger charge is -2.26. The van der Waals surface area contributed by atoms with Gasteiger partial charge in [-0.05, 0) is 78.8 Å². The molecule has 0 atom stereocenters. The quantitative estimate of drug-likeness (QED) is 0.295. The molecular weight excluding hydrogens is 575 g/mol. The van der Waals surface area contributed by atoms with Gasteiger partial charge >= 0.3 is 6.18 Å². The molecule has 0 radical (unpaired) electrons. The van der Waals surface area contributed by atoms with Crippen molar-refractivity contribution in [1.29, 1.82) is 0 Å². The molecule has 42 heavy (non-hydrogen) atoms. The van der Waals surface area contributed by atoms with Crippen LogP contribution in [-0.2, 0) is 32.8 Å². The number of alkyl halides is 3. The smallest absolute Gasteiger partial charge is 0.417 e. The third kappa shape index (κ3) is 5.63. The molecular formula is C30H36F3NO7S. The van der Waals surface area contributed by atoms with Crippen molar-refractivity contribution in [3.8, 4) is 22.6 Å². The van der Waals surface area contributed by atoms with Crippen molar-refractivity contribution < 1.29 is 50.4 Å². The Morgan fingerprint density at radius 3 is 2.33 bits per heavy atom. The van der Waals surface area contributed by atoms with Crippen LogP contribution in [0.3, 0.4) is 0 Å². The molecule has 1 fully saturated rings. The molecule has 8 nitrogen and oxygen atoms in total. The number of aliphatic hydroxyl groups is 2. The van der Waals surface area contributed by atoms with Crippen molar-refractivity contribution in [1.82, 2.24) is 4.72 Å². The molecule has 1 aliphatic heterocycles. The fourth-order valence-corrected chi connectivity index (χ4v) is 6.74. The molecule has 0 unspecified atom stereocenters. The minimum atomic E-state index is -5.03. The van der Waals surface area contributed by atoms with Gasteiger partial charge in [-0.15, -0.1) is 0 Å². The highest BCUT2D eigenvalue weighted by molar-refractivity contribution is 7.89. The molecule has 3 N–H and O–H groups in total. The summed E-state index contributed by atoms with van der Waals surface area (Å²) in [7, 11) is -4.78. The van der Waals surface area contributed by atoms with Crippen LogP contribution in [0.25, 0.3) is 11.1 Å². The zero-order valence-electron chi connectivity index (χ0n) is 22.9. The molecule has 0 bridgehead atoms. The van der Waals surface area contributed by atoms with Crippen LogP contribution in [0.4, 0.5) is 13.2 Å². The number of ketones is 1. The van der Waals surface area contributed by atoms with Crippen molar-refractivity contribution >= 4 is 15.8 Å². The second kappa shape index (κ2) is 10.7. The number of sulfonamides is 1. The SMILES string of the molecule is Cc1ccc(CC(=O)C2(c3ccc4c(c3)OCO4)CC2)cc1-c1ccc(S(=O)(=O)NC(C)(CO)CO)c(C(F)(F)F)c1.[HH].[HH].[HH]. The van der Waals surface area contributed by atoms with Gasteiger partial charge in [-0.3, -0.25) is 4.79 Å². The lowest BCUT2D eigenvalue weighted by atomic mass is 9.86. The number of carbonyl (C=O) groups is 1. The Balaban J connectivity index is 0.00000235. The van der Waals surface area contributed by atoms with Crippen LogP contribution in [0.5, 0.6) is 11.5 Å². The monoisotopic (exact) mass is 611 g/mol. The van der Waals surface area contributed by atoms with E-state index in [1.165, 1.54) is 13.0 Å². The number of fused-ring (bicyclic) bond motifs is 1. The zero-order chi connectivity index (χ0) is 30.5. The van der Waals surface area contributed by atoms with Gasteiger partial charge in [-0.2, -0.15) is 13.2 Å². The average molecular weight is 612 g/mol. The maximum absolute atomic E-state index is 14.2. The Labute approximate surface area is 245 Å². The number of hydrogen-bond acceptors (Lipinski definition) is 7. The summed E-state index contributed by atoms with van der Waals surface area (Å²) >= 11 is 0. The van der Waals surface area contributed by atoms with Crippen LogP contribution < -0.4 is 14.2 Å². The number of nitrogens with one attached hydrogen (secondary N) is 1. The molecule has 1 heterocycles. The molecule has 12 heteroatoms. The number of hydrogen-bond donors (Lipinski definition) is 3. The Morgan fingerprint density at radius 1 is 1.00 bits per heavy atom. The van der Waals surface area contributed by atoms with Crippen LogP contribution in [0.2, 0.25) is 0 Å². The van der Waals surface area contributed by atoms with E-state index in [1.54, 1.807) is 31.2 Å². The Morgan fingerprint density at radius 2 is 1.69 bits per heavy atom. The fourth-order valence-electron chi connectivity index (χ4n) is 5.14. The normalized spacial score (nSPS) is 16.0. The van der Waals surface area contributed by atoms with Crippen LogP contribution in [0, 0.1) is 6.92 Å². The predicted molar refractivity (Wildman–Crippen MR) is 153 cm³/mol. The van der Waals surface area contributed by atoms with Crippen molar-refractivity contribution in [2.24, 2.45) is 0 Å². The number of aliphatic hydroxyl groups excluding tert-OH is 2. The van der Waals surface area contributed by atoms with Gasteiger partial charge in [-0.25, -0.2) is 13.1 Å². The number of halogens is 3. The Bertz CT molecular complexity index is 1660. The van der Waals surface area contributed by atoms with Gasteiger partial charge in [0.05, 0.1) is 34.6 Å². The first-order chi connectivity index (χ1) is 19.7. The second-order valence-electron chi connectivity index (χ2n) is 11.1. The Hall–Kier alpha value is -3.45. The summed E-state index contributed by atoms with van der Waals surface area (Å²) in [6.07, 6.45) is -3.62. The van der Waals surface area contributed by atoms with Crippen LogP contribution in [0.1, 0.15) is 46.3 Å². The van der Waals surface area contributed by atoms with Crippen molar-refractivity contribution in [3.05, 3.63) is 76.9 Å². The van der Waals surface area contributed by atoms with Gasteiger partial charge in [0.1, 0.15) is 5.78 Å². The van der Waals surface area contributed by atoms with Gasteiger partial charge in [0.25, 0.3) is 0 Å². The highest BCUT2D eigenvalue weighted by Crippen LogP contribution is 2.51. The van der Waals surface area contributed by atoms with Gasteiger partial charge in [0.15, 0.2) is 11.5 Å². The van der Waals surface area contributed by atoms with E-state index in [-0.39, 0.29) is 28.8 Å². The molecule has 3 aromatic rings. The summed E-state index contributed by atoms with van der Waals surface area (Å²) in [5.74, 6) is 1.19. The first-order valence-electron chi connectivity index (χ1n) is 13.2. The second-order valence-corrected chi connectivity index (χ2v) is 12.7. The van der Waals surface area contributed by atoms with Crippen LogP contribution >= 0.6 is 0 Å². The highest BCUT2D eigenvalue weighted by Gasteiger charge is 2.51. The number of carbonyl (C=O) groups excluding carboxylic acids is 1. The van der Waals surface area contributed by atoms with E-state index in [2.05, 4.69) is 0 Å². The standard InChI is InChI=1S/C30H30F3NO7S.3H2/c1-18-3-4-19(12-27(37)29(9-10-29)21-6-7-24-25(14-21)41-17-40-24)11-22(18)20-5-8-26(23(13-20)30(31,32)33)42(38,39)34-28(2,15-35)16-36;;;/h3-8,11,13-14,34-36H,9-10,12,15-17H2,1-2H3;3*1H. The van der Waals surface area contributed by atoms with E-state index in [0.717, 1.165) is 17.7 Å². The average Bonchev–Trinajstić information content (AvgIpc) is 3.63. The molecule has 0 aromatic heterocycles. The molecule has 2 aliphatic rings. The third-order valence-electron chi connectivity index (χ3n) is 7.84. The molecule has 0 saturated heterocycles. The number of aryl methyl sites for hydroxylation is 1. The van der Waals surface area contributed by atoms with E-state index in [0.29, 0.717) is 41.0 Å². The van der Waals surface area contributed by atoms with Gasteiger partial charge in [-0.1, -0.05) is 30.3 Å². The minimum Gasteiger partial charge on any atom is -0.454 e. The van der Waals surface area contributed by atoms with E-state index in [4.69, 9.17) is 9.47 Å². The molecule has 5 rings (SSSR count). The third-order valence-corrected chi connectivity index (χ3v) is 9.54. The summed E-state index contributed by atoms with van der Waals surface area (Å²) in [4.78, 5) is 12.5. The number of ether oxygens (including phenoxy) is 2. The summed E-state index contributed by atoms with van der Waals surface area (Å²) in [6.45, 7) is 1.34. The van der Waals surface area contributed by atoms with Gasteiger partial charge in [0, 0.05) is 10.7 Å². The van der Waals surface area contributed by atoms with Gasteiger partial charge < -0.3 is 19.7 Å². The van der Waals surface area contributed by atoms with Gasteiger partial charge in [0.2, 0.25) is 16.8 Å². The first-order valence-corrected chi connectivity index (χ1v) is 14.7. The van der Waals surface area contributed by atoms with Crippen molar-refractivity contribution in [3.63, 3.8) is 0 Å². The molecule has 1 aliphatic carbocycles. The summed E-state index contributed by atoms with van der Waals surface area (Å²) < 4.78 is 81.1.